The summed E-state index contributed by atoms with van der Waals surface area (Å²) in [5.74, 6) is -0.652. The van der Waals surface area contributed by atoms with Crippen LogP contribution in [0.5, 0.6) is 0 Å². The molecule has 2 aromatic rings. The fourth-order valence-corrected chi connectivity index (χ4v) is 2.27. The van der Waals surface area contributed by atoms with Gasteiger partial charge in [-0.1, -0.05) is 12.1 Å². The summed E-state index contributed by atoms with van der Waals surface area (Å²) in [6.45, 7) is 3.99. The molecule has 1 amide bonds. The van der Waals surface area contributed by atoms with Crippen LogP contribution in [-0.4, -0.2) is 11.9 Å². The quantitative estimate of drug-likeness (QED) is 0.886. The molecule has 0 saturated heterocycles. The molecule has 0 aliphatic carbocycles. The molecule has 0 aliphatic rings. The third kappa shape index (κ3) is 4.05. The van der Waals surface area contributed by atoms with Crippen LogP contribution in [0, 0.1) is 12.7 Å². The van der Waals surface area contributed by atoms with Crippen molar-refractivity contribution in [3.05, 3.63) is 65.0 Å². The second kappa shape index (κ2) is 6.39. The highest BCUT2D eigenvalue weighted by Gasteiger charge is 2.08. The zero-order valence-corrected chi connectivity index (χ0v) is 12.2. The van der Waals surface area contributed by atoms with Crippen LogP contribution in [0.4, 0.5) is 10.1 Å². The summed E-state index contributed by atoms with van der Waals surface area (Å²) in [6.07, 6.45) is 0.789. The molecule has 1 atom stereocenters. The first-order chi connectivity index (χ1) is 9.95. The Kier molecular flexibility index (Phi) is 4.58. The lowest BCUT2D eigenvalue weighted by Gasteiger charge is -2.17. The van der Waals surface area contributed by atoms with E-state index in [0.29, 0.717) is 5.56 Å². The van der Waals surface area contributed by atoms with Crippen LogP contribution in [-0.2, 0) is 6.42 Å². The number of hydrogen-bond acceptors (Lipinski definition) is 2. The standard InChI is InChI=1S/C17H19FN2O/c1-11-9-14(17(19)21)5-8-16(11)20-12(2)10-13-3-6-15(18)7-4-13/h3-9,12,20H,10H2,1-2H3,(H2,19,21). The molecule has 0 fully saturated rings. The molecule has 0 heterocycles. The number of benzene rings is 2. The van der Waals surface area contributed by atoms with Crippen molar-refractivity contribution in [1.82, 2.24) is 0 Å². The summed E-state index contributed by atoms with van der Waals surface area (Å²) in [4.78, 5) is 11.1. The van der Waals surface area contributed by atoms with Crippen molar-refractivity contribution in [3.8, 4) is 0 Å². The largest absolute Gasteiger partial charge is 0.382 e. The average molecular weight is 286 g/mol. The summed E-state index contributed by atoms with van der Waals surface area (Å²) in [6, 6.07) is 12.0. The first kappa shape index (κ1) is 15.0. The maximum atomic E-state index is 12.9. The number of amides is 1. The van der Waals surface area contributed by atoms with Crippen molar-refractivity contribution in [2.75, 3.05) is 5.32 Å². The molecule has 1 unspecified atom stereocenters. The Hall–Kier alpha value is -2.36. The number of hydrogen-bond donors (Lipinski definition) is 2. The number of primary amides is 1. The van der Waals surface area contributed by atoms with Crippen molar-refractivity contribution in [2.24, 2.45) is 5.73 Å². The van der Waals surface area contributed by atoms with Gasteiger partial charge >= 0.3 is 0 Å². The second-order valence-corrected chi connectivity index (χ2v) is 5.27. The SMILES string of the molecule is Cc1cc(C(N)=O)ccc1NC(C)Cc1ccc(F)cc1. The smallest absolute Gasteiger partial charge is 0.248 e. The predicted octanol–water partition coefficient (Wildman–Crippen LogP) is 3.28. The van der Waals surface area contributed by atoms with Gasteiger partial charge in [-0.3, -0.25) is 4.79 Å². The maximum Gasteiger partial charge on any atom is 0.248 e. The third-order valence-electron chi connectivity index (χ3n) is 3.37. The highest BCUT2D eigenvalue weighted by atomic mass is 19.1. The van der Waals surface area contributed by atoms with Crippen molar-refractivity contribution < 1.29 is 9.18 Å². The predicted molar refractivity (Wildman–Crippen MR) is 82.9 cm³/mol. The van der Waals surface area contributed by atoms with Gasteiger partial charge in [0.1, 0.15) is 5.82 Å². The van der Waals surface area contributed by atoms with Crippen LogP contribution in [0.1, 0.15) is 28.4 Å². The highest BCUT2D eigenvalue weighted by molar-refractivity contribution is 5.93. The van der Waals surface area contributed by atoms with Crippen LogP contribution in [0.3, 0.4) is 0 Å². The fraction of sp³-hybridized carbons (Fsp3) is 0.235. The molecule has 0 spiro atoms. The summed E-state index contributed by atoms with van der Waals surface area (Å²) in [7, 11) is 0. The number of aryl methyl sites for hydroxylation is 1. The highest BCUT2D eigenvalue weighted by Crippen LogP contribution is 2.18. The minimum Gasteiger partial charge on any atom is -0.382 e. The van der Waals surface area contributed by atoms with E-state index in [1.54, 1.807) is 24.3 Å². The van der Waals surface area contributed by atoms with E-state index in [1.807, 2.05) is 13.0 Å². The Morgan fingerprint density at radius 2 is 1.90 bits per heavy atom. The molecule has 0 bridgehead atoms. The third-order valence-corrected chi connectivity index (χ3v) is 3.37. The van der Waals surface area contributed by atoms with Crippen LogP contribution >= 0.6 is 0 Å². The molecule has 0 aromatic heterocycles. The summed E-state index contributed by atoms with van der Waals surface area (Å²) < 4.78 is 12.9. The first-order valence-corrected chi connectivity index (χ1v) is 6.87. The monoisotopic (exact) mass is 286 g/mol. The average Bonchev–Trinajstić information content (AvgIpc) is 2.43. The minimum absolute atomic E-state index is 0.189. The van der Waals surface area contributed by atoms with Crippen LogP contribution in [0.25, 0.3) is 0 Å². The van der Waals surface area contributed by atoms with Crippen LogP contribution in [0.15, 0.2) is 42.5 Å². The molecular formula is C17H19FN2O. The van der Waals surface area contributed by atoms with Crippen molar-refractivity contribution >= 4 is 11.6 Å². The zero-order chi connectivity index (χ0) is 15.4. The Bertz CT molecular complexity index is 638. The normalized spacial score (nSPS) is 12.0. The Morgan fingerprint density at radius 3 is 2.48 bits per heavy atom. The second-order valence-electron chi connectivity index (χ2n) is 5.27. The molecule has 110 valence electrons. The van der Waals surface area contributed by atoms with Gasteiger partial charge in [0.05, 0.1) is 0 Å². The lowest BCUT2D eigenvalue weighted by Crippen LogP contribution is -2.19. The topological polar surface area (TPSA) is 55.1 Å². The van der Waals surface area contributed by atoms with Crippen LogP contribution < -0.4 is 11.1 Å². The molecule has 3 N–H and O–H groups in total. The number of carbonyl (C=O) groups excluding carboxylic acids is 1. The number of anilines is 1. The van der Waals surface area contributed by atoms with Crippen molar-refractivity contribution in [2.45, 2.75) is 26.3 Å². The van der Waals surface area contributed by atoms with E-state index < -0.39 is 5.91 Å². The number of rotatable bonds is 5. The zero-order valence-electron chi connectivity index (χ0n) is 12.2. The van der Waals surface area contributed by atoms with E-state index in [-0.39, 0.29) is 11.9 Å². The van der Waals surface area contributed by atoms with Crippen LogP contribution in [0.2, 0.25) is 0 Å². The van der Waals surface area contributed by atoms with Gasteiger partial charge in [-0.25, -0.2) is 4.39 Å². The van der Waals surface area contributed by atoms with E-state index in [2.05, 4.69) is 12.2 Å². The molecule has 3 nitrogen and oxygen atoms in total. The molecule has 0 saturated carbocycles. The maximum absolute atomic E-state index is 12.9. The van der Waals surface area contributed by atoms with Gasteiger partial charge in [-0.15, -0.1) is 0 Å². The van der Waals surface area contributed by atoms with Gasteiger partial charge in [-0.2, -0.15) is 0 Å². The van der Waals surface area contributed by atoms with Gasteiger partial charge in [0.15, 0.2) is 0 Å². The molecule has 2 aromatic carbocycles. The molecule has 0 aliphatic heterocycles. The summed E-state index contributed by atoms with van der Waals surface area (Å²) in [5, 5.41) is 3.39. The van der Waals surface area contributed by atoms with E-state index in [4.69, 9.17) is 5.73 Å². The fourth-order valence-electron chi connectivity index (χ4n) is 2.27. The molecule has 0 radical (unpaired) electrons. The van der Waals surface area contributed by atoms with Gasteiger partial charge in [-0.05, 0) is 61.7 Å². The number of nitrogens with two attached hydrogens (primary N) is 1. The first-order valence-electron chi connectivity index (χ1n) is 6.87. The van der Waals surface area contributed by atoms with Crippen molar-refractivity contribution in [3.63, 3.8) is 0 Å². The van der Waals surface area contributed by atoms with Crippen molar-refractivity contribution in [1.29, 1.82) is 0 Å². The Balaban J connectivity index is 2.04. The lowest BCUT2D eigenvalue weighted by atomic mass is 10.1. The van der Waals surface area contributed by atoms with E-state index in [1.165, 1.54) is 12.1 Å². The number of nitrogens with one attached hydrogen (secondary N) is 1. The number of halogens is 1. The van der Waals surface area contributed by atoms with E-state index in [0.717, 1.165) is 23.2 Å². The molecular weight excluding hydrogens is 267 g/mol. The molecule has 21 heavy (non-hydrogen) atoms. The van der Waals surface area contributed by atoms with Gasteiger partial charge in [0.25, 0.3) is 0 Å². The van der Waals surface area contributed by atoms with Gasteiger partial charge in [0.2, 0.25) is 5.91 Å². The molecule has 2 rings (SSSR count). The summed E-state index contributed by atoms with van der Waals surface area (Å²) >= 11 is 0. The lowest BCUT2D eigenvalue weighted by molar-refractivity contribution is 0.1000. The number of carbonyl (C=O) groups is 1. The summed E-state index contributed by atoms with van der Waals surface area (Å²) in [5.41, 5.74) is 8.77. The minimum atomic E-state index is -0.427. The van der Waals surface area contributed by atoms with E-state index in [9.17, 15) is 9.18 Å². The van der Waals surface area contributed by atoms with Gasteiger partial charge in [0, 0.05) is 17.3 Å². The Morgan fingerprint density at radius 1 is 1.24 bits per heavy atom. The van der Waals surface area contributed by atoms with E-state index >= 15 is 0 Å². The van der Waals surface area contributed by atoms with Gasteiger partial charge < -0.3 is 11.1 Å². The Labute approximate surface area is 124 Å². The molecule has 4 heteroatoms.